The summed E-state index contributed by atoms with van der Waals surface area (Å²) in [4.78, 5) is 42.8. The number of carbonyl (C=O) groups is 1. The Labute approximate surface area is 193 Å². The van der Waals surface area contributed by atoms with Gasteiger partial charge in [0.15, 0.2) is 0 Å². The molecule has 2 heterocycles. The van der Waals surface area contributed by atoms with Crippen molar-refractivity contribution in [2.45, 2.75) is 6.92 Å². The van der Waals surface area contributed by atoms with E-state index in [1.165, 1.54) is 17.7 Å². The summed E-state index contributed by atoms with van der Waals surface area (Å²) in [6.07, 6.45) is 0. The van der Waals surface area contributed by atoms with E-state index in [2.05, 4.69) is 10.3 Å². The number of nitrogens with one attached hydrogen (secondary N) is 1. The van der Waals surface area contributed by atoms with Crippen molar-refractivity contribution in [1.82, 2.24) is 9.55 Å². The van der Waals surface area contributed by atoms with Gasteiger partial charge < -0.3 is 14.5 Å². The van der Waals surface area contributed by atoms with Crippen molar-refractivity contribution in [1.29, 1.82) is 0 Å². The molecule has 0 radical (unpaired) electrons. The second-order valence-electron chi connectivity index (χ2n) is 7.64. The molecule has 3 aromatic carbocycles. The number of fused-ring (bicyclic) bond motifs is 2. The molecule has 0 unspecified atom stereocenters. The van der Waals surface area contributed by atoms with Crippen molar-refractivity contribution in [3.05, 3.63) is 105 Å². The fraction of sp³-hybridized carbons (Fsp3) is 0.0769. The summed E-state index contributed by atoms with van der Waals surface area (Å²) < 4.78 is 12.2. The molecule has 5 aromatic rings. The Kier molecular flexibility index (Phi) is 5.18. The smallest absolute Gasteiger partial charge is 0.349 e. The molecule has 0 bridgehead atoms. The van der Waals surface area contributed by atoms with Gasteiger partial charge in [-0.1, -0.05) is 30.3 Å². The van der Waals surface area contributed by atoms with Crippen LogP contribution in [0.5, 0.6) is 5.75 Å². The molecule has 1 N–H and O–H groups in total. The van der Waals surface area contributed by atoms with E-state index in [4.69, 9.17) is 9.15 Å². The van der Waals surface area contributed by atoms with E-state index in [0.29, 0.717) is 44.8 Å². The lowest BCUT2D eigenvalue weighted by Crippen LogP contribution is -2.23. The molecule has 5 rings (SSSR count). The number of aryl methyl sites for hydroxylation is 1. The molecule has 0 aliphatic rings. The molecular weight excluding hydrogens is 434 g/mol. The van der Waals surface area contributed by atoms with Crippen LogP contribution in [0.2, 0.25) is 0 Å². The van der Waals surface area contributed by atoms with Crippen molar-refractivity contribution in [2.24, 2.45) is 0 Å². The summed E-state index contributed by atoms with van der Waals surface area (Å²) in [6, 6.07) is 20.5. The molecule has 1 amide bonds. The highest BCUT2D eigenvalue weighted by molar-refractivity contribution is 6.06. The van der Waals surface area contributed by atoms with Crippen LogP contribution in [0.25, 0.3) is 27.6 Å². The van der Waals surface area contributed by atoms with Crippen LogP contribution in [0.1, 0.15) is 16.2 Å². The second kappa shape index (κ2) is 8.32. The third-order valence-electron chi connectivity index (χ3n) is 5.52. The van der Waals surface area contributed by atoms with Gasteiger partial charge in [-0.15, -0.1) is 0 Å². The number of hydrogen-bond acceptors (Lipinski definition) is 6. The maximum atomic E-state index is 13.1. The highest BCUT2D eigenvalue weighted by Gasteiger charge is 2.17. The van der Waals surface area contributed by atoms with E-state index in [1.807, 2.05) is 6.07 Å². The number of methoxy groups -OCH3 is 1. The van der Waals surface area contributed by atoms with Gasteiger partial charge in [0.1, 0.15) is 22.7 Å². The van der Waals surface area contributed by atoms with Gasteiger partial charge in [-0.2, -0.15) is 0 Å². The van der Waals surface area contributed by atoms with Crippen molar-refractivity contribution in [3.8, 4) is 11.4 Å². The first kappa shape index (κ1) is 21.1. The van der Waals surface area contributed by atoms with Gasteiger partial charge in [-0.05, 0) is 43.3 Å². The highest BCUT2D eigenvalue weighted by atomic mass is 16.5. The van der Waals surface area contributed by atoms with Crippen molar-refractivity contribution < 1.29 is 13.9 Å². The van der Waals surface area contributed by atoms with Gasteiger partial charge in [0.05, 0.1) is 29.4 Å². The molecule has 0 saturated heterocycles. The number of rotatable bonds is 4. The predicted molar refractivity (Wildman–Crippen MR) is 129 cm³/mol. The Bertz CT molecular complexity index is 1700. The zero-order valence-corrected chi connectivity index (χ0v) is 18.4. The van der Waals surface area contributed by atoms with Gasteiger partial charge in [0, 0.05) is 11.5 Å². The second-order valence-corrected chi connectivity index (χ2v) is 7.64. The Morgan fingerprint density at radius 3 is 2.59 bits per heavy atom. The molecular formula is C26H19N3O5. The molecule has 34 heavy (non-hydrogen) atoms. The van der Waals surface area contributed by atoms with Crippen LogP contribution in [0.15, 0.2) is 86.8 Å². The average Bonchev–Trinajstić information content (AvgIpc) is 2.84. The van der Waals surface area contributed by atoms with E-state index >= 15 is 0 Å². The van der Waals surface area contributed by atoms with Crippen LogP contribution < -0.4 is 21.2 Å². The van der Waals surface area contributed by atoms with Crippen LogP contribution in [-0.4, -0.2) is 22.6 Å². The number of amides is 1. The van der Waals surface area contributed by atoms with Gasteiger partial charge in [0.2, 0.25) is 0 Å². The lowest BCUT2D eigenvalue weighted by Gasteiger charge is -2.15. The van der Waals surface area contributed by atoms with E-state index < -0.39 is 11.5 Å². The highest BCUT2D eigenvalue weighted by Crippen LogP contribution is 2.28. The lowest BCUT2D eigenvalue weighted by molar-refractivity contribution is 0.102. The SMILES string of the molecule is COc1cc(-n2c(C)nc3ccccc3c2=O)ccc1NC(=O)c1cc2ccccc2oc1=O. The Hall–Kier alpha value is -4.72. The van der Waals surface area contributed by atoms with Crippen molar-refractivity contribution in [2.75, 3.05) is 12.4 Å². The van der Waals surface area contributed by atoms with E-state index in [1.54, 1.807) is 67.6 Å². The molecule has 8 heteroatoms. The normalized spacial score (nSPS) is 11.0. The first-order chi connectivity index (χ1) is 16.5. The molecule has 0 aliphatic carbocycles. The number of nitrogens with zero attached hydrogens (tertiary/aromatic N) is 2. The third kappa shape index (κ3) is 3.61. The molecule has 8 nitrogen and oxygen atoms in total. The minimum atomic E-state index is -0.740. The minimum absolute atomic E-state index is 0.129. The van der Waals surface area contributed by atoms with Gasteiger partial charge >= 0.3 is 5.63 Å². The Morgan fingerprint density at radius 1 is 1.00 bits per heavy atom. The van der Waals surface area contributed by atoms with Gasteiger partial charge in [-0.25, -0.2) is 9.78 Å². The van der Waals surface area contributed by atoms with E-state index in [-0.39, 0.29) is 11.1 Å². The zero-order valence-electron chi connectivity index (χ0n) is 18.4. The van der Waals surface area contributed by atoms with Gasteiger partial charge in [-0.3, -0.25) is 14.2 Å². The number of carbonyl (C=O) groups excluding carboxylic acids is 1. The Balaban J connectivity index is 1.53. The number of aromatic nitrogens is 2. The van der Waals surface area contributed by atoms with E-state index in [0.717, 1.165) is 0 Å². The van der Waals surface area contributed by atoms with E-state index in [9.17, 15) is 14.4 Å². The summed E-state index contributed by atoms with van der Waals surface area (Å²) >= 11 is 0. The number of hydrogen-bond donors (Lipinski definition) is 1. The van der Waals surface area contributed by atoms with Gasteiger partial charge in [0.25, 0.3) is 11.5 Å². The van der Waals surface area contributed by atoms with Crippen LogP contribution in [-0.2, 0) is 0 Å². The Morgan fingerprint density at radius 2 is 1.76 bits per heavy atom. The molecule has 168 valence electrons. The van der Waals surface area contributed by atoms with Crippen LogP contribution >= 0.6 is 0 Å². The van der Waals surface area contributed by atoms with Crippen LogP contribution in [0.3, 0.4) is 0 Å². The fourth-order valence-corrected chi connectivity index (χ4v) is 3.88. The topological polar surface area (TPSA) is 103 Å². The lowest BCUT2D eigenvalue weighted by atomic mass is 10.1. The zero-order chi connectivity index (χ0) is 23.8. The molecule has 0 atom stereocenters. The number of anilines is 1. The molecule has 0 fully saturated rings. The summed E-state index contributed by atoms with van der Waals surface area (Å²) in [5.41, 5.74) is 0.800. The summed E-state index contributed by atoms with van der Waals surface area (Å²) in [5, 5.41) is 3.82. The van der Waals surface area contributed by atoms with Crippen molar-refractivity contribution >= 4 is 33.5 Å². The van der Waals surface area contributed by atoms with Crippen LogP contribution in [0.4, 0.5) is 5.69 Å². The number of ether oxygens (including phenoxy) is 1. The maximum Gasteiger partial charge on any atom is 0.349 e. The first-order valence-corrected chi connectivity index (χ1v) is 10.5. The number of benzene rings is 3. The summed E-state index contributed by atoms with van der Waals surface area (Å²) in [7, 11) is 1.45. The monoisotopic (exact) mass is 453 g/mol. The molecule has 0 saturated carbocycles. The quantitative estimate of drug-likeness (QED) is 0.412. The first-order valence-electron chi connectivity index (χ1n) is 10.5. The van der Waals surface area contributed by atoms with Crippen molar-refractivity contribution in [3.63, 3.8) is 0 Å². The molecule has 2 aromatic heterocycles. The maximum absolute atomic E-state index is 13.1. The average molecular weight is 453 g/mol. The fourth-order valence-electron chi connectivity index (χ4n) is 3.88. The minimum Gasteiger partial charge on any atom is -0.494 e. The largest absolute Gasteiger partial charge is 0.494 e. The number of para-hydroxylation sites is 2. The summed E-state index contributed by atoms with van der Waals surface area (Å²) in [5.74, 6) is 0.193. The third-order valence-corrected chi connectivity index (χ3v) is 5.52. The van der Waals surface area contributed by atoms with Crippen LogP contribution in [0, 0.1) is 6.92 Å². The molecule has 0 aliphatic heterocycles. The molecule has 0 spiro atoms. The summed E-state index contributed by atoms with van der Waals surface area (Å²) in [6.45, 7) is 1.75. The standard InChI is InChI=1S/C26H19N3O5/c1-15-27-20-9-5-4-8-18(20)25(31)29(15)17-11-12-21(23(14-17)33-2)28-24(30)19-13-16-7-3-6-10-22(16)34-26(19)32/h3-14H,1-2H3,(H,28,30). The predicted octanol–water partition coefficient (Wildman–Crippen LogP) is 4.06.